The smallest absolute Gasteiger partial charge is 0.0523 e. The normalized spacial score (nSPS) is 12.4. The van der Waals surface area contributed by atoms with Gasteiger partial charge in [0.2, 0.25) is 0 Å². The molecule has 0 saturated carbocycles. The molecule has 1 unspecified atom stereocenters. The summed E-state index contributed by atoms with van der Waals surface area (Å²) in [5.41, 5.74) is 2.35. The molecular formula is C13H22N2S. The number of thioether (sulfide) groups is 1. The first kappa shape index (κ1) is 13.4. The predicted octanol–water partition coefficient (Wildman–Crippen LogP) is 3.79. The largest absolute Gasteiger partial charge is 0.385 e. The highest BCUT2D eigenvalue weighted by atomic mass is 32.2. The van der Waals surface area contributed by atoms with E-state index >= 15 is 0 Å². The van der Waals surface area contributed by atoms with Crippen molar-refractivity contribution in [3.05, 3.63) is 24.0 Å². The summed E-state index contributed by atoms with van der Waals surface area (Å²) in [7, 11) is 0. The van der Waals surface area contributed by atoms with Crippen LogP contribution in [0.15, 0.2) is 18.3 Å². The topological polar surface area (TPSA) is 24.9 Å². The standard InChI is InChI=1S/C13H22N2S/c1-4-11(3)9-16-10-13-8-12(14-5-2)6-7-15-13/h6-8,11H,4-5,9-10H2,1-3H3,(H,14,15). The lowest BCUT2D eigenvalue weighted by molar-refractivity contribution is 0.637. The second-order valence-corrected chi connectivity index (χ2v) is 5.12. The van der Waals surface area contributed by atoms with Crippen LogP contribution in [0.3, 0.4) is 0 Å². The molecule has 90 valence electrons. The highest BCUT2D eigenvalue weighted by Crippen LogP contribution is 2.17. The van der Waals surface area contributed by atoms with Gasteiger partial charge in [0.1, 0.15) is 0 Å². The van der Waals surface area contributed by atoms with E-state index in [4.69, 9.17) is 0 Å². The van der Waals surface area contributed by atoms with E-state index in [2.05, 4.69) is 37.1 Å². The zero-order valence-electron chi connectivity index (χ0n) is 10.5. The lowest BCUT2D eigenvalue weighted by Gasteiger charge is -2.08. The average Bonchev–Trinajstić information content (AvgIpc) is 2.30. The molecule has 3 heteroatoms. The monoisotopic (exact) mass is 238 g/mol. The van der Waals surface area contributed by atoms with Crippen molar-refractivity contribution in [1.29, 1.82) is 0 Å². The molecule has 2 nitrogen and oxygen atoms in total. The summed E-state index contributed by atoms with van der Waals surface area (Å²) in [5, 5.41) is 3.31. The summed E-state index contributed by atoms with van der Waals surface area (Å²) in [5.74, 6) is 3.05. The summed E-state index contributed by atoms with van der Waals surface area (Å²) in [6.45, 7) is 7.62. The van der Waals surface area contributed by atoms with Crippen molar-refractivity contribution in [3.63, 3.8) is 0 Å². The number of hydrogen-bond acceptors (Lipinski definition) is 3. The maximum absolute atomic E-state index is 4.38. The number of pyridine rings is 1. The van der Waals surface area contributed by atoms with Crippen LogP contribution in [-0.2, 0) is 5.75 Å². The van der Waals surface area contributed by atoms with Gasteiger partial charge in [-0.1, -0.05) is 20.3 Å². The molecule has 1 rings (SSSR count). The van der Waals surface area contributed by atoms with Gasteiger partial charge in [-0.25, -0.2) is 0 Å². The molecule has 0 aliphatic heterocycles. The molecule has 0 radical (unpaired) electrons. The second-order valence-electron chi connectivity index (χ2n) is 4.09. The van der Waals surface area contributed by atoms with E-state index in [0.717, 1.165) is 18.2 Å². The summed E-state index contributed by atoms with van der Waals surface area (Å²) in [6.07, 6.45) is 3.15. The molecule has 0 amide bonds. The molecule has 1 heterocycles. The lowest BCUT2D eigenvalue weighted by Crippen LogP contribution is -1.99. The van der Waals surface area contributed by atoms with Gasteiger partial charge in [0.05, 0.1) is 5.69 Å². The number of rotatable bonds is 7. The van der Waals surface area contributed by atoms with E-state index in [1.165, 1.54) is 23.6 Å². The first-order valence-corrected chi connectivity index (χ1v) is 7.18. The fraction of sp³-hybridized carbons (Fsp3) is 0.615. The first-order valence-electron chi connectivity index (χ1n) is 6.02. The molecule has 1 aromatic rings. The molecule has 0 saturated heterocycles. The molecule has 1 N–H and O–H groups in total. The van der Waals surface area contributed by atoms with Crippen molar-refractivity contribution in [1.82, 2.24) is 4.98 Å². The summed E-state index contributed by atoms with van der Waals surface area (Å²) in [4.78, 5) is 4.38. The maximum Gasteiger partial charge on any atom is 0.0523 e. The summed E-state index contributed by atoms with van der Waals surface area (Å²) >= 11 is 1.98. The van der Waals surface area contributed by atoms with Gasteiger partial charge in [0.25, 0.3) is 0 Å². The molecule has 0 bridgehead atoms. The van der Waals surface area contributed by atoms with Crippen LogP contribution in [0, 0.1) is 5.92 Å². The maximum atomic E-state index is 4.38. The Kier molecular flexibility index (Phi) is 6.31. The Labute approximate surface area is 103 Å². The van der Waals surface area contributed by atoms with Crippen LogP contribution in [0.1, 0.15) is 32.9 Å². The van der Waals surface area contributed by atoms with Gasteiger partial charge in [-0.2, -0.15) is 11.8 Å². The van der Waals surface area contributed by atoms with E-state index in [1.807, 2.05) is 24.0 Å². The highest BCUT2D eigenvalue weighted by Gasteiger charge is 2.01. The number of nitrogens with zero attached hydrogens (tertiary/aromatic N) is 1. The molecule has 0 aliphatic rings. The Bertz CT molecular complexity index is 302. The van der Waals surface area contributed by atoms with Gasteiger partial charge < -0.3 is 5.32 Å². The summed E-state index contributed by atoms with van der Waals surface area (Å²) in [6, 6.07) is 4.17. The zero-order valence-corrected chi connectivity index (χ0v) is 11.3. The second kappa shape index (κ2) is 7.55. The Hall–Kier alpha value is -0.700. The molecule has 0 aromatic carbocycles. The van der Waals surface area contributed by atoms with Crippen LogP contribution in [0.2, 0.25) is 0 Å². The Balaban J connectivity index is 2.38. The van der Waals surface area contributed by atoms with Gasteiger partial charge in [-0.15, -0.1) is 0 Å². The van der Waals surface area contributed by atoms with Crippen LogP contribution in [0.4, 0.5) is 5.69 Å². The SMILES string of the molecule is CCNc1ccnc(CSCC(C)CC)c1. The minimum absolute atomic E-state index is 0.807. The Morgan fingerprint density at radius 1 is 1.44 bits per heavy atom. The van der Waals surface area contributed by atoms with Crippen LogP contribution in [0.25, 0.3) is 0 Å². The molecule has 16 heavy (non-hydrogen) atoms. The van der Waals surface area contributed by atoms with Crippen LogP contribution < -0.4 is 5.32 Å². The fourth-order valence-corrected chi connectivity index (χ4v) is 2.48. The van der Waals surface area contributed by atoms with Crippen molar-refractivity contribution >= 4 is 17.4 Å². The molecule has 0 fully saturated rings. The Morgan fingerprint density at radius 3 is 2.94 bits per heavy atom. The van der Waals surface area contributed by atoms with Crippen LogP contribution in [0.5, 0.6) is 0 Å². The number of nitrogens with one attached hydrogen (secondary N) is 1. The van der Waals surface area contributed by atoms with Crippen molar-refractivity contribution < 1.29 is 0 Å². The number of hydrogen-bond donors (Lipinski definition) is 1. The molecule has 0 aliphatic carbocycles. The molecular weight excluding hydrogens is 216 g/mol. The highest BCUT2D eigenvalue weighted by molar-refractivity contribution is 7.98. The van der Waals surface area contributed by atoms with Crippen molar-refractivity contribution in [3.8, 4) is 0 Å². The van der Waals surface area contributed by atoms with E-state index in [9.17, 15) is 0 Å². The van der Waals surface area contributed by atoms with Gasteiger partial charge in [0.15, 0.2) is 0 Å². The Morgan fingerprint density at radius 2 is 2.25 bits per heavy atom. The average molecular weight is 238 g/mol. The van der Waals surface area contributed by atoms with E-state index in [0.29, 0.717) is 0 Å². The van der Waals surface area contributed by atoms with Gasteiger partial charge in [-0.05, 0) is 30.7 Å². The van der Waals surface area contributed by atoms with E-state index in [-0.39, 0.29) is 0 Å². The molecule has 0 spiro atoms. The number of anilines is 1. The molecule has 1 atom stereocenters. The fourth-order valence-electron chi connectivity index (χ4n) is 1.35. The summed E-state index contributed by atoms with van der Waals surface area (Å²) < 4.78 is 0. The molecule has 1 aromatic heterocycles. The quantitative estimate of drug-likeness (QED) is 0.782. The minimum atomic E-state index is 0.807. The zero-order chi connectivity index (χ0) is 11.8. The van der Waals surface area contributed by atoms with E-state index < -0.39 is 0 Å². The van der Waals surface area contributed by atoms with Gasteiger partial charge in [-0.3, -0.25) is 4.98 Å². The van der Waals surface area contributed by atoms with Crippen LogP contribution >= 0.6 is 11.8 Å². The van der Waals surface area contributed by atoms with Crippen molar-refractivity contribution in [2.45, 2.75) is 32.9 Å². The van der Waals surface area contributed by atoms with Crippen LogP contribution in [-0.4, -0.2) is 17.3 Å². The number of aromatic nitrogens is 1. The third-order valence-corrected chi connectivity index (χ3v) is 3.85. The lowest BCUT2D eigenvalue weighted by atomic mass is 10.2. The predicted molar refractivity (Wildman–Crippen MR) is 74.0 cm³/mol. The van der Waals surface area contributed by atoms with Gasteiger partial charge >= 0.3 is 0 Å². The van der Waals surface area contributed by atoms with Crippen molar-refractivity contribution in [2.75, 3.05) is 17.6 Å². The third kappa shape index (κ3) is 4.88. The van der Waals surface area contributed by atoms with Gasteiger partial charge in [0, 0.05) is 24.2 Å². The minimum Gasteiger partial charge on any atom is -0.385 e. The third-order valence-electron chi connectivity index (χ3n) is 2.55. The van der Waals surface area contributed by atoms with Crippen molar-refractivity contribution in [2.24, 2.45) is 5.92 Å². The first-order chi connectivity index (χ1) is 7.76. The van der Waals surface area contributed by atoms with E-state index in [1.54, 1.807) is 0 Å².